The lowest BCUT2D eigenvalue weighted by atomic mass is 10.3. The molecule has 1 aliphatic heterocycles. The summed E-state index contributed by atoms with van der Waals surface area (Å²) < 4.78 is 14.7. The number of rotatable bonds is 7. The highest BCUT2D eigenvalue weighted by Gasteiger charge is 2.21. The molecule has 0 spiro atoms. The zero-order valence-corrected chi connectivity index (χ0v) is 10.4. The van der Waals surface area contributed by atoms with Gasteiger partial charge in [0.1, 0.15) is 6.10 Å². The summed E-state index contributed by atoms with van der Waals surface area (Å²) in [5.41, 5.74) is 0. The van der Waals surface area contributed by atoms with E-state index in [9.17, 15) is 4.79 Å². The minimum Gasteiger partial charge on any atom is -0.460 e. The third-order valence-electron chi connectivity index (χ3n) is 1.83. The summed E-state index contributed by atoms with van der Waals surface area (Å²) in [6.45, 7) is 14.4. The Labute approximate surface area is 103 Å². The SMILES string of the molecule is C=CCOCC1CO1.[CH2]CC(C)OC(=O)C=C. The molecule has 2 unspecified atom stereocenters. The van der Waals surface area contributed by atoms with Crippen LogP contribution in [0.2, 0.25) is 0 Å². The molecule has 1 aliphatic rings. The largest absolute Gasteiger partial charge is 0.460 e. The van der Waals surface area contributed by atoms with Crippen LogP contribution in [0.1, 0.15) is 13.3 Å². The molecule has 4 heteroatoms. The molecule has 1 heterocycles. The van der Waals surface area contributed by atoms with E-state index in [1.54, 1.807) is 13.0 Å². The van der Waals surface area contributed by atoms with Crippen LogP contribution in [-0.2, 0) is 19.0 Å². The predicted octanol–water partition coefficient (Wildman–Crippen LogP) is 1.92. The Kier molecular flexibility index (Phi) is 9.38. The van der Waals surface area contributed by atoms with E-state index < -0.39 is 0 Å². The molecule has 97 valence electrons. The van der Waals surface area contributed by atoms with E-state index in [2.05, 4.69) is 20.1 Å². The van der Waals surface area contributed by atoms with Gasteiger partial charge in [-0.2, -0.15) is 0 Å². The molecule has 1 rings (SSSR count). The lowest BCUT2D eigenvalue weighted by molar-refractivity contribution is -0.141. The number of hydrogen-bond donors (Lipinski definition) is 0. The number of carbonyl (C=O) groups is 1. The molecule has 0 aromatic rings. The fourth-order valence-corrected chi connectivity index (χ4v) is 0.752. The maximum Gasteiger partial charge on any atom is 0.330 e. The van der Waals surface area contributed by atoms with Crippen LogP contribution in [0.25, 0.3) is 0 Å². The van der Waals surface area contributed by atoms with Gasteiger partial charge in [-0.25, -0.2) is 4.79 Å². The van der Waals surface area contributed by atoms with Crippen LogP contribution in [0.5, 0.6) is 0 Å². The standard InChI is InChI=1S/C7H11O2.C6H10O2/c1-4-6(3)9-7(8)5-2;1-2-3-7-4-6-5-8-6/h5-6H,1-2,4H2,3H3;2,6H,1,3-5H2. The quantitative estimate of drug-likeness (QED) is 0.225. The fraction of sp³-hybridized carbons (Fsp3) is 0.538. The maximum absolute atomic E-state index is 10.4. The second kappa shape index (κ2) is 10.1. The Hall–Kier alpha value is -1.13. The van der Waals surface area contributed by atoms with E-state index in [0.717, 1.165) is 19.3 Å². The Bertz CT molecular complexity index is 234. The molecule has 0 amide bonds. The average molecular weight is 241 g/mol. The summed E-state index contributed by atoms with van der Waals surface area (Å²) in [6.07, 6.45) is 3.76. The maximum atomic E-state index is 10.4. The Balaban J connectivity index is 0.000000302. The minimum absolute atomic E-state index is 0.101. The molecule has 2 atom stereocenters. The van der Waals surface area contributed by atoms with Crippen LogP contribution in [0.3, 0.4) is 0 Å². The van der Waals surface area contributed by atoms with Crippen molar-refractivity contribution >= 4 is 5.97 Å². The Morgan fingerprint density at radius 2 is 2.24 bits per heavy atom. The lowest BCUT2D eigenvalue weighted by Crippen LogP contribution is -2.10. The molecule has 17 heavy (non-hydrogen) atoms. The van der Waals surface area contributed by atoms with Crippen LogP contribution < -0.4 is 0 Å². The molecule has 0 aromatic carbocycles. The normalized spacial score (nSPS) is 18.4. The third-order valence-corrected chi connectivity index (χ3v) is 1.83. The first-order chi connectivity index (χ1) is 8.13. The second-order valence-corrected chi connectivity index (χ2v) is 3.52. The molecular formula is C13H21O4. The molecule has 0 N–H and O–H groups in total. The van der Waals surface area contributed by atoms with Crippen molar-refractivity contribution in [1.29, 1.82) is 0 Å². The molecular weight excluding hydrogens is 220 g/mol. The smallest absolute Gasteiger partial charge is 0.330 e. The zero-order valence-electron chi connectivity index (χ0n) is 10.4. The number of epoxide rings is 1. The first-order valence-electron chi connectivity index (χ1n) is 5.56. The number of hydrogen-bond acceptors (Lipinski definition) is 4. The van der Waals surface area contributed by atoms with Crippen molar-refractivity contribution in [1.82, 2.24) is 0 Å². The monoisotopic (exact) mass is 241 g/mol. The lowest BCUT2D eigenvalue weighted by Gasteiger charge is -2.06. The van der Waals surface area contributed by atoms with E-state index in [4.69, 9.17) is 14.2 Å². The number of ether oxygens (including phenoxy) is 3. The topological polar surface area (TPSA) is 48.1 Å². The van der Waals surface area contributed by atoms with Crippen molar-refractivity contribution in [2.45, 2.75) is 25.6 Å². The van der Waals surface area contributed by atoms with Crippen LogP contribution in [0.15, 0.2) is 25.3 Å². The van der Waals surface area contributed by atoms with Crippen molar-refractivity contribution in [3.8, 4) is 0 Å². The second-order valence-electron chi connectivity index (χ2n) is 3.52. The fourth-order valence-electron chi connectivity index (χ4n) is 0.752. The molecule has 0 bridgehead atoms. The highest BCUT2D eigenvalue weighted by molar-refractivity contribution is 5.81. The van der Waals surface area contributed by atoms with E-state index >= 15 is 0 Å². The number of esters is 1. The van der Waals surface area contributed by atoms with Gasteiger partial charge in [0.05, 0.1) is 25.9 Å². The van der Waals surface area contributed by atoms with E-state index in [1.807, 2.05) is 0 Å². The zero-order chi connectivity index (χ0) is 13.1. The molecule has 4 nitrogen and oxygen atoms in total. The predicted molar refractivity (Wildman–Crippen MR) is 66.5 cm³/mol. The minimum atomic E-state index is -0.383. The van der Waals surface area contributed by atoms with Gasteiger partial charge in [0.15, 0.2) is 0 Å². The van der Waals surface area contributed by atoms with Crippen molar-refractivity contribution in [3.05, 3.63) is 32.2 Å². The van der Waals surface area contributed by atoms with E-state index in [1.165, 1.54) is 0 Å². The van der Waals surface area contributed by atoms with Crippen molar-refractivity contribution in [2.24, 2.45) is 0 Å². The summed E-state index contributed by atoms with van der Waals surface area (Å²) in [5, 5.41) is 0. The van der Waals surface area contributed by atoms with Crippen molar-refractivity contribution in [3.63, 3.8) is 0 Å². The van der Waals surface area contributed by atoms with E-state index in [-0.39, 0.29) is 12.1 Å². The van der Waals surface area contributed by atoms with Gasteiger partial charge in [-0.3, -0.25) is 0 Å². The molecule has 0 saturated carbocycles. The molecule has 1 fully saturated rings. The summed E-state index contributed by atoms with van der Waals surface area (Å²) in [7, 11) is 0. The van der Waals surface area contributed by atoms with Gasteiger partial charge < -0.3 is 14.2 Å². The van der Waals surface area contributed by atoms with Gasteiger partial charge in [0.2, 0.25) is 0 Å². The molecule has 0 aromatic heterocycles. The molecule has 0 aliphatic carbocycles. The molecule has 1 radical (unpaired) electrons. The Morgan fingerprint density at radius 1 is 1.59 bits per heavy atom. The first kappa shape index (κ1) is 15.9. The van der Waals surface area contributed by atoms with Crippen LogP contribution in [0, 0.1) is 6.92 Å². The van der Waals surface area contributed by atoms with Gasteiger partial charge in [0, 0.05) is 6.08 Å². The summed E-state index contributed by atoms with van der Waals surface area (Å²) in [5.74, 6) is -0.383. The summed E-state index contributed by atoms with van der Waals surface area (Å²) in [4.78, 5) is 10.4. The highest BCUT2D eigenvalue weighted by Crippen LogP contribution is 2.07. The summed E-state index contributed by atoms with van der Waals surface area (Å²) >= 11 is 0. The van der Waals surface area contributed by atoms with Crippen molar-refractivity contribution in [2.75, 3.05) is 19.8 Å². The van der Waals surface area contributed by atoms with E-state index in [0.29, 0.717) is 19.1 Å². The van der Waals surface area contributed by atoms with Gasteiger partial charge in [0.25, 0.3) is 0 Å². The highest BCUT2D eigenvalue weighted by atomic mass is 16.6. The van der Waals surface area contributed by atoms with Gasteiger partial charge in [-0.05, 0) is 20.3 Å². The Morgan fingerprint density at radius 3 is 2.65 bits per heavy atom. The first-order valence-corrected chi connectivity index (χ1v) is 5.56. The van der Waals surface area contributed by atoms with Crippen molar-refractivity contribution < 1.29 is 19.0 Å². The van der Waals surface area contributed by atoms with Crippen LogP contribution in [-0.4, -0.2) is 38.0 Å². The molecule has 1 saturated heterocycles. The van der Waals surface area contributed by atoms with Crippen LogP contribution >= 0.6 is 0 Å². The average Bonchev–Trinajstić information content (AvgIpc) is 3.14. The number of carbonyl (C=O) groups excluding carboxylic acids is 1. The van der Waals surface area contributed by atoms with Gasteiger partial charge >= 0.3 is 5.97 Å². The van der Waals surface area contributed by atoms with Gasteiger partial charge in [-0.1, -0.05) is 12.7 Å². The third kappa shape index (κ3) is 11.1. The van der Waals surface area contributed by atoms with Gasteiger partial charge in [-0.15, -0.1) is 6.58 Å². The summed E-state index contributed by atoms with van der Waals surface area (Å²) in [6, 6.07) is 0. The van der Waals surface area contributed by atoms with Crippen LogP contribution in [0.4, 0.5) is 0 Å².